The van der Waals surface area contributed by atoms with E-state index < -0.39 is 23.7 Å². The number of ether oxygens (including phenoxy) is 2. The summed E-state index contributed by atoms with van der Waals surface area (Å²) in [6.45, 7) is 9.28. The van der Waals surface area contributed by atoms with E-state index in [1.165, 1.54) is 12.8 Å². The van der Waals surface area contributed by atoms with Crippen molar-refractivity contribution in [2.45, 2.75) is 58.1 Å². The van der Waals surface area contributed by atoms with Crippen molar-refractivity contribution in [3.05, 3.63) is 42.0 Å². The standard InChI is InChI=1S/C21H29NO5/c1-5-10-26-18-9-8-15(12-16(18)11-14-6-7-14)13-17(19(23)24)22-20(25)27-21(2,3)4/h5,8-9,12,14,17H,1,6-7,10-11,13H2,2-4H3,(H,22,25)(H,23,24). The van der Waals surface area contributed by atoms with Crippen LogP contribution in [0.15, 0.2) is 30.9 Å². The molecule has 1 aromatic carbocycles. The van der Waals surface area contributed by atoms with Crippen LogP contribution in [0.2, 0.25) is 0 Å². The molecule has 1 saturated carbocycles. The zero-order valence-electron chi connectivity index (χ0n) is 16.3. The van der Waals surface area contributed by atoms with Gasteiger partial charge in [-0.3, -0.25) is 0 Å². The summed E-state index contributed by atoms with van der Waals surface area (Å²) in [5, 5.41) is 11.9. The number of aliphatic carboxylic acids is 1. The van der Waals surface area contributed by atoms with E-state index in [2.05, 4.69) is 11.9 Å². The van der Waals surface area contributed by atoms with Crippen molar-refractivity contribution in [2.24, 2.45) is 5.92 Å². The average molecular weight is 375 g/mol. The SMILES string of the molecule is C=CCOc1ccc(CC(NC(=O)OC(C)(C)C)C(=O)O)cc1CC1CC1. The van der Waals surface area contributed by atoms with Crippen LogP contribution in [0.3, 0.4) is 0 Å². The van der Waals surface area contributed by atoms with Crippen LogP contribution in [0, 0.1) is 5.92 Å². The van der Waals surface area contributed by atoms with E-state index in [0.29, 0.717) is 12.5 Å². The van der Waals surface area contributed by atoms with Crippen LogP contribution in [-0.2, 0) is 22.4 Å². The van der Waals surface area contributed by atoms with E-state index in [1.807, 2.05) is 18.2 Å². The van der Waals surface area contributed by atoms with Crippen LogP contribution in [0.1, 0.15) is 44.7 Å². The summed E-state index contributed by atoms with van der Waals surface area (Å²) < 4.78 is 10.9. The highest BCUT2D eigenvalue weighted by Gasteiger charge is 2.26. The number of rotatable bonds is 9. The number of hydrogen-bond acceptors (Lipinski definition) is 4. The summed E-state index contributed by atoms with van der Waals surface area (Å²) in [6, 6.07) is 4.61. The molecule has 0 aliphatic heterocycles. The van der Waals surface area contributed by atoms with Crippen molar-refractivity contribution in [2.75, 3.05) is 6.61 Å². The molecule has 1 unspecified atom stereocenters. The molecule has 6 heteroatoms. The van der Waals surface area contributed by atoms with Gasteiger partial charge >= 0.3 is 12.1 Å². The molecule has 6 nitrogen and oxygen atoms in total. The van der Waals surface area contributed by atoms with E-state index in [0.717, 1.165) is 23.3 Å². The Hall–Kier alpha value is -2.50. The number of alkyl carbamates (subject to hydrolysis) is 1. The monoisotopic (exact) mass is 375 g/mol. The molecule has 1 aliphatic carbocycles. The second kappa shape index (κ2) is 8.93. The Bertz CT molecular complexity index is 688. The van der Waals surface area contributed by atoms with Gasteiger partial charge in [-0.2, -0.15) is 0 Å². The number of carbonyl (C=O) groups is 2. The van der Waals surface area contributed by atoms with Crippen LogP contribution < -0.4 is 10.1 Å². The lowest BCUT2D eigenvalue weighted by molar-refractivity contribution is -0.139. The average Bonchev–Trinajstić information content (AvgIpc) is 3.35. The van der Waals surface area contributed by atoms with Crippen molar-refractivity contribution >= 4 is 12.1 Å². The Labute approximate surface area is 160 Å². The predicted molar refractivity (Wildman–Crippen MR) is 103 cm³/mol. The topological polar surface area (TPSA) is 84.9 Å². The summed E-state index contributed by atoms with van der Waals surface area (Å²) in [6.07, 6.45) is 4.47. The molecule has 0 radical (unpaired) electrons. The Morgan fingerprint density at radius 1 is 1.37 bits per heavy atom. The third-order valence-electron chi connectivity index (χ3n) is 4.12. The summed E-state index contributed by atoms with van der Waals surface area (Å²) in [7, 11) is 0. The van der Waals surface area contributed by atoms with Crippen molar-refractivity contribution < 1.29 is 24.2 Å². The maximum Gasteiger partial charge on any atom is 0.408 e. The van der Waals surface area contributed by atoms with Crippen molar-refractivity contribution in [1.29, 1.82) is 0 Å². The van der Waals surface area contributed by atoms with Gasteiger partial charge in [0.25, 0.3) is 0 Å². The van der Waals surface area contributed by atoms with Gasteiger partial charge in [-0.05, 0) is 63.1 Å². The van der Waals surface area contributed by atoms with E-state index in [9.17, 15) is 14.7 Å². The lowest BCUT2D eigenvalue weighted by Crippen LogP contribution is -2.44. The number of carbonyl (C=O) groups excluding carboxylic acids is 1. The fourth-order valence-electron chi connectivity index (χ4n) is 2.73. The fraction of sp³-hybridized carbons (Fsp3) is 0.524. The predicted octanol–water partition coefficient (Wildman–Crippen LogP) is 3.72. The number of amides is 1. The molecule has 0 aromatic heterocycles. The highest BCUT2D eigenvalue weighted by Crippen LogP contribution is 2.35. The van der Waals surface area contributed by atoms with Crippen LogP contribution in [-0.4, -0.2) is 35.4 Å². The molecule has 1 atom stereocenters. The Kier molecular flexibility index (Phi) is 6.88. The minimum absolute atomic E-state index is 0.175. The number of carboxylic acids is 1. The Balaban J connectivity index is 2.10. The lowest BCUT2D eigenvalue weighted by Gasteiger charge is -2.22. The molecule has 0 bridgehead atoms. The smallest absolute Gasteiger partial charge is 0.408 e. The quantitative estimate of drug-likeness (QED) is 0.643. The fourth-order valence-corrected chi connectivity index (χ4v) is 2.73. The zero-order valence-corrected chi connectivity index (χ0v) is 16.3. The minimum Gasteiger partial charge on any atom is -0.489 e. The highest BCUT2D eigenvalue weighted by atomic mass is 16.6. The third-order valence-corrected chi connectivity index (χ3v) is 4.12. The van der Waals surface area contributed by atoms with Gasteiger partial charge in [0.1, 0.15) is 24.0 Å². The molecule has 0 heterocycles. The van der Waals surface area contributed by atoms with E-state index >= 15 is 0 Å². The highest BCUT2D eigenvalue weighted by molar-refractivity contribution is 5.80. The van der Waals surface area contributed by atoms with Gasteiger partial charge in [0.2, 0.25) is 0 Å². The van der Waals surface area contributed by atoms with Crippen molar-refractivity contribution in [1.82, 2.24) is 5.32 Å². The first kappa shape index (κ1) is 20.8. The first-order valence-corrected chi connectivity index (χ1v) is 9.25. The number of benzene rings is 1. The van der Waals surface area contributed by atoms with Gasteiger partial charge in [-0.15, -0.1) is 0 Å². The first-order chi connectivity index (χ1) is 12.7. The Morgan fingerprint density at radius 2 is 2.07 bits per heavy atom. The molecule has 0 saturated heterocycles. The Morgan fingerprint density at radius 3 is 2.63 bits per heavy atom. The maximum absolute atomic E-state index is 11.9. The molecular formula is C21H29NO5. The van der Waals surface area contributed by atoms with Gasteiger partial charge in [-0.25, -0.2) is 9.59 Å². The van der Waals surface area contributed by atoms with Gasteiger partial charge in [0.15, 0.2) is 0 Å². The van der Waals surface area contributed by atoms with E-state index in [-0.39, 0.29) is 6.42 Å². The van der Waals surface area contributed by atoms with E-state index in [1.54, 1.807) is 26.8 Å². The molecule has 1 fully saturated rings. The second-order valence-electron chi connectivity index (χ2n) is 7.93. The molecule has 2 rings (SSSR count). The van der Waals surface area contributed by atoms with Gasteiger partial charge < -0.3 is 19.9 Å². The van der Waals surface area contributed by atoms with Gasteiger partial charge in [-0.1, -0.05) is 24.8 Å². The van der Waals surface area contributed by atoms with Gasteiger partial charge in [0.05, 0.1) is 0 Å². The molecule has 2 N–H and O–H groups in total. The number of carboxylic acid groups (broad SMARTS) is 1. The molecule has 1 aliphatic rings. The van der Waals surface area contributed by atoms with Crippen molar-refractivity contribution in [3.8, 4) is 5.75 Å². The normalized spacial score (nSPS) is 14.9. The zero-order chi connectivity index (χ0) is 20.0. The van der Waals surface area contributed by atoms with Crippen LogP contribution in [0.25, 0.3) is 0 Å². The van der Waals surface area contributed by atoms with Crippen LogP contribution >= 0.6 is 0 Å². The molecule has 0 spiro atoms. The molecule has 1 amide bonds. The third kappa shape index (κ3) is 7.33. The maximum atomic E-state index is 11.9. The summed E-state index contributed by atoms with van der Waals surface area (Å²) in [5.74, 6) is 0.371. The van der Waals surface area contributed by atoms with E-state index in [4.69, 9.17) is 9.47 Å². The molecule has 1 aromatic rings. The summed E-state index contributed by atoms with van der Waals surface area (Å²) >= 11 is 0. The second-order valence-corrected chi connectivity index (χ2v) is 7.93. The summed E-state index contributed by atoms with van der Waals surface area (Å²) in [5.41, 5.74) is 1.22. The van der Waals surface area contributed by atoms with Crippen LogP contribution in [0.5, 0.6) is 5.75 Å². The summed E-state index contributed by atoms with van der Waals surface area (Å²) in [4.78, 5) is 23.5. The lowest BCUT2D eigenvalue weighted by atomic mass is 10.00. The van der Waals surface area contributed by atoms with Crippen molar-refractivity contribution in [3.63, 3.8) is 0 Å². The largest absolute Gasteiger partial charge is 0.489 e. The minimum atomic E-state index is -1.10. The first-order valence-electron chi connectivity index (χ1n) is 9.25. The van der Waals surface area contributed by atoms with Gasteiger partial charge in [0, 0.05) is 6.42 Å². The molecular weight excluding hydrogens is 346 g/mol. The number of nitrogens with one attached hydrogen (secondary N) is 1. The number of hydrogen-bond donors (Lipinski definition) is 2. The van der Waals surface area contributed by atoms with Crippen LogP contribution in [0.4, 0.5) is 4.79 Å². The molecule has 148 valence electrons. The molecule has 27 heavy (non-hydrogen) atoms.